The van der Waals surface area contributed by atoms with Crippen LogP contribution < -0.4 is 0 Å². The summed E-state index contributed by atoms with van der Waals surface area (Å²) in [5.74, 6) is 3.41. The first-order valence-electron chi connectivity index (χ1n) is 14.7. The number of carbonyl (C=O) groups is 3. The van der Waals surface area contributed by atoms with Crippen molar-refractivity contribution in [1.82, 2.24) is 0 Å². The molecule has 0 radical (unpaired) electrons. The van der Waals surface area contributed by atoms with Gasteiger partial charge in [0.2, 0.25) is 0 Å². The van der Waals surface area contributed by atoms with E-state index in [9.17, 15) is 14.4 Å². The van der Waals surface area contributed by atoms with E-state index in [0.29, 0.717) is 47.7 Å². The minimum atomic E-state index is -0.165. The fourth-order valence-electron chi connectivity index (χ4n) is 9.69. The minimum absolute atomic E-state index is 0.0225. The van der Waals surface area contributed by atoms with Crippen LogP contribution in [0.1, 0.15) is 113 Å². The number of Topliss-reactive ketones (excluding diaryl/α,β-unsaturated/α-hetero) is 1. The third-order valence-electron chi connectivity index (χ3n) is 11.6. The largest absolute Gasteiger partial charge is 0.463 e. The first-order chi connectivity index (χ1) is 16.9. The minimum Gasteiger partial charge on any atom is -0.463 e. The molecule has 4 aliphatic carbocycles. The number of carbonyl (C=O) groups excluding carboxylic acids is 3. The van der Waals surface area contributed by atoms with E-state index in [1.54, 1.807) is 6.92 Å². The lowest BCUT2D eigenvalue weighted by Crippen LogP contribution is -2.59. The Kier molecular flexibility index (Phi) is 7.99. The molecule has 10 unspecified atom stereocenters. The van der Waals surface area contributed by atoms with Crippen molar-refractivity contribution in [3.05, 3.63) is 0 Å². The molecule has 5 heteroatoms. The second-order valence-electron chi connectivity index (χ2n) is 13.7. The topological polar surface area (TPSA) is 69.7 Å². The van der Waals surface area contributed by atoms with Gasteiger partial charge in [-0.25, -0.2) is 0 Å². The second kappa shape index (κ2) is 10.4. The Hall–Kier alpha value is -1.39. The van der Waals surface area contributed by atoms with Crippen LogP contribution in [-0.4, -0.2) is 29.9 Å². The smallest absolute Gasteiger partial charge is 0.302 e. The molecule has 0 aromatic carbocycles. The number of rotatable bonds is 7. The molecule has 0 amide bonds. The van der Waals surface area contributed by atoms with Gasteiger partial charge in [-0.3, -0.25) is 14.4 Å². The van der Waals surface area contributed by atoms with Crippen LogP contribution in [0.4, 0.5) is 0 Å². The van der Waals surface area contributed by atoms with Crippen LogP contribution in [0.2, 0.25) is 0 Å². The molecule has 4 aliphatic rings. The Balaban J connectivity index is 1.57. The van der Waals surface area contributed by atoms with Crippen LogP contribution in [0.3, 0.4) is 0 Å². The van der Waals surface area contributed by atoms with Gasteiger partial charge in [-0.15, -0.1) is 0 Å². The van der Waals surface area contributed by atoms with Gasteiger partial charge in [-0.1, -0.05) is 34.6 Å². The van der Waals surface area contributed by atoms with Crippen LogP contribution >= 0.6 is 0 Å². The van der Waals surface area contributed by atoms with Crippen LogP contribution in [-0.2, 0) is 23.9 Å². The standard InChI is InChI=1S/C31H50O5/c1-18(2)28(34)13-8-19(3)25-11-12-26-24-10-9-22-16-23(35-20(4)32)14-15-30(22,6)27(24)17-29(31(25,26)7)36-21(5)33/h18-19,22-27,29H,8-17H2,1-7H3. The van der Waals surface area contributed by atoms with E-state index in [1.165, 1.54) is 32.6 Å². The molecule has 0 bridgehead atoms. The molecule has 4 rings (SSSR count). The maximum atomic E-state index is 12.4. The fraction of sp³-hybridized carbons (Fsp3) is 0.903. The zero-order valence-electron chi connectivity index (χ0n) is 23.8. The van der Waals surface area contributed by atoms with Gasteiger partial charge in [0.25, 0.3) is 0 Å². The molecule has 204 valence electrons. The van der Waals surface area contributed by atoms with E-state index in [2.05, 4.69) is 20.8 Å². The average molecular weight is 503 g/mol. The first kappa shape index (κ1) is 27.6. The van der Waals surface area contributed by atoms with Crippen LogP contribution in [0.25, 0.3) is 0 Å². The summed E-state index contributed by atoms with van der Waals surface area (Å²) in [5.41, 5.74) is 0.192. The zero-order chi connectivity index (χ0) is 26.4. The quantitative estimate of drug-likeness (QED) is 0.360. The Labute approximate surface area is 218 Å². The van der Waals surface area contributed by atoms with Gasteiger partial charge in [-0.2, -0.15) is 0 Å². The molecule has 10 atom stereocenters. The lowest BCUT2D eigenvalue weighted by molar-refractivity contribution is -0.197. The predicted octanol–water partition coefficient (Wildman–Crippen LogP) is 6.76. The van der Waals surface area contributed by atoms with Crippen molar-refractivity contribution in [2.24, 2.45) is 52.3 Å². The second-order valence-corrected chi connectivity index (χ2v) is 13.7. The van der Waals surface area contributed by atoms with E-state index < -0.39 is 0 Å². The normalized spacial score (nSPS) is 42.6. The molecular formula is C31H50O5. The summed E-state index contributed by atoms with van der Waals surface area (Å²) in [6.07, 6.45) is 10.4. The molecule has 0 spiro atoms. The van der Waals surface area contributed by atoms with Crippen molar-refractivity contribution < 1.29 is 23.9 Å². The molecule has 0 N–H and O–H groups in total. The molecular weight excluding hydrogens is 452 g/mol. The molecule has 4 fully saturated rings. The summed E-state index contributed by atoms with van der Waals surface area (Å²) >= 11 is 0. The van der Waals surface area contributed by atoms with Crippen molar-refractivity contribution in [3.8, 4) is 0 Å². The first-order valence-corrected chi connectivity index (χ1v) is 14.7. The predicted molar refractivity (Wildman–Crippen MR) is 140 cm³/mol. The molecule has 0 aliphatic heterocycles. The summed E-state index contributed by atoms with van der Waals surface area (Å²) < 4.78 is 11.9. The summed E-state index contributed by atoms with van der Waals surface area (Å²) in [6, 6.07) is 0. The van der Waals surface area contributed by atoms with Crippen molar-refractivity contribution in [2.75, 3.05) is 0 Å². The van der Waals surface area contributed by atoms with Gasteiger partial charge >= 0.3 is 11.9 Å². The zero-order valence-corrected chi connectivity index (χ0v) is 23.8. The number of fused-ring (bicyclic) bond motifs is 5. The third kappa shape index (κ3) is 4.89. The Morgan fingerprint density at radius 2 is 1.56 bits per heavy atom. The number of hydrogen-bond donors (Lipinski definition) is 0. The maximum absolute atomic E-state index is 12.4. The monoisotopic (exact) mass is 502 g/mol. The summed E-state index contributed by atoms with van der Waals surface area (Å²) in [6.45, 7) is 14.3. The van der Waals surface area contributed by atoms with Gasteiger partial charge in [0.05, 0.1) is 0 Å². The number of esters is 2. The van der Waals surface area contributed by atoms with E-state index in [1.807, 2.05) is 13.8 Å². The lowest BCUT2D eigenvalue weighted by Gasteiger charge is -2.62. The molecule has 0 aromatic rings. The van der Waals surface area contributed by atoms with Gasteiger partial charge < -0.3 is 9.47 Å². The lowest BCUT2D eigenvalue weighted by atomic mass is 9.43. The Morgan fingerprint density at radius 3 is 2.19 bits per heavy atom. The van der Waals surface area contributed by atoms with E-state index in [0.717, 1.165) is 32.1 Å². The summed E-state index contributed by atoms with van der Waals surface area (Å²) in [7, 11) is 0. The molecule has 5 nitrogen and oxygen atoms in total. The van der Waals surface area contributed by atoms with Crippen molar-refractivity contribution >= 4 is 17.7 Å². The summed E-state index contributed by atoms with van der Waals surface area (Å²) in [4.78, 5) is 36.3. The number of ether oxygens (including phenoxy) is 2. The van der Waals surface area contributed by atoms with Gasteiger partial charge in [0, 0.05) is 31.6 Å². The molecule has 0 aromatic heterocycles. The van der Waals surface area contributed by atoms with Crippen molar-refractivity contribution in [2.45, 2.75) is 125 Å². The highest BCUT2D eigenvalue weighted by molar-refractivity contribution is 5.80. The number of hydrogen-bond acceptors (Lipinski definition) is 5. The fourth-order valence-corrected chi connectivity index (χ4v) is 9.69. The van der Waals surface area contributed by atoms with Gasteiger partial charge in [-0.05, 0) is 98.7 Å². The highest BCUT2D eigenvalue weighted by atomic mass is 16.5. The van der Waals surface area contributed by atoms with Crippen LogP contribution in [0.15, 0.2) is 0 Å². The molecule has 36 heavy (non-hydrogen) atoms. The van der Waals surface area contributed by atoms with Crippen molar-refractivity contribution in [1.29, 1.82) is 0 Å². The van der Waals surface area contributed by atoms with Gasteiger partial charge in [0.15, 0.2) is 0 Å². The number of ketones is 1. The highest BCUT2D eigenvalue weighted by Gasteiger charge is 2.65. The maximum Gasteiger partial charge on any atom is 0.302 e. The van der Waals surface area contributed by atoms with Gasteiger partial charge in [0.1, 0.15) is 18.0 Å². The molecule has 0 heterocycles. The van der Waals surface area contributed by atoms with Crippen LogP contribution in [0, 0.1) is 52.3 Å². The average Bonchev–Trinajstić information content (AvgIpc) is 3.15. The molecule has 4 saturated carbocycles. The van der Waals surface area contributed by atoms with E-state index in [4.69, 9.17) is 9.47 Å². The highest BCUT2D eigenvalue weighted by Crippen LogP contribution is 2.69. The third-order valence-corrected chi connectivity index (χ3v) is 11.6. The SMILES string of the molecule is CC(=O)OC1CCC2(C)C(CCC3C2CC(OC(C)=O)C2(C)C(C(C)CCC(=O)C(C)C)CCC32)C1. The Morgan fingerprint density at radius 1 is 0.861 bits per heavy atom. The van der Waals surface area contributed by atoms with Crippen molar-refractivity contribution in [3.63, 3.8) is 0 Å². The van der Waals surface area contributed by atoms with E-state index in [-0.39, 0.29) is 40.9 Å². The molecule has 0 saturated heterocycles. The Bertz CT molecular complexity index is 850. The van der Waals surface area contributed by atoms with Crippen LogP contribution in [0.5, 0.6) is 0 Å². The van der Waals surface area contributed by atoms with E-state index >= 15 is 0 Å². The summed E-state index contributed by atoms with van der Waals surface area (Å²) in [5, 5.41) is 0.